The molecule has 0 saturated heterocycles. The van der Waals surface area contributed by atoms with Crippen LogP contribution in [0.4, 0.5) is 4.79 Å². The number of hydrogen-bond donors (Lipinski definition) is 2. The predicted molar refractivity (Wildman–Crippen MR) is 90.6 cm³/mol. The minimum absolute atomic E-state index is 0.0473. The van der Waals surface area contributed by atoms with Crippen molar-refractivity contribution in [3.8, 4) is 0 Å². The minimum Gasteiger partial charge on any atom is -0.382 e. The Morgan fingerprint density at radius 3 is 2.75 bits per heavy atom. The average Bonchev–Trinajstić information content (AvgIpc) is 2.87. The van der Waals surface area contributed by atoms with Gasteiger partial charge in [0.05, 0.1) is 23.9 Å². The number of benzene rings is 1. The molecule has 7 heteroatoms. The largest absolute Gasteiger partial charge is 0.382 e. The van der Waals surface area contributed by atoms with Gasteiger partial charge in [-0.05, 0) is 31.0 Å². The number of rotatable bonds is 6. The number of hydrogen-bond acceptors (Lipinski definition) is 3. The number of amides is 3. The Morgan fingerprint density at radius 1 is 1.29 bits per heavy atom. The van der Waals surface area contributed by atoms with Crippen LogP contribution in [0.5, 0.6) is 0 Å². The highest BCUT2D eigenvalue weighted by molar-refractivity contribution is 6.30. The zero-order valence-corrected chi connectivity index (χ0v) is 14.2. The van der Waals surface area contributed by atoms with Crippen molar-refractivity contribution in [1.29, 1.82) is 0 Å². The van der Waals surface area contributed by atoms with E-state index in [0.717, 1.165) is 12.0 Å². The molecule has 1 unspecified atom stereocenters. The topological polar surface area (TPSA) is 70.7 Å². The monoisotopic (exact) mass is 349 g/mol. The lowest BCUT2D eigenvalue weighted by Crippen LogP contribution is -2.44. The van der Waals surface area contributed by atoms with E-state index in [4.69, 9.17) is 16.3 Å². The van der Waals surface area contributed by atoms with Crippen LogP contribution in [-0.2, 0) is 9.53 Å². The number of nitrogens with zero attached hydrogens (tertiary/aromatic N) is 1. The van der Waals surface area contributed by atoms with E-state index in [1.807, 2.05) is 19.1 Å². The number of ether oxygens (including phenoxy) is 1. The summed E-state index contributed by atoms with van der Waals surface area (Å²) in [4.78, 5) is 26.5. The summed E-state index contributed by atoms with van der Waals surface area (Å²) in [6, 6.07) is 6.42. The summed E-state index contributed by atoms with van der Waals surface area (Å²) in [6.45, 7) is 4.27. The lowest BCUT2D eigenvalue weighted by molar-refractivity contribution is -0.126. The third-order valence-corrected chi connectivity index (χ3v) is 4.40. The van der Waals surface area contributed by atoms with Crippen LogP contribution in [0.2, 0.25) is 5.02 Å². The Morgan fingerprint density at radius 2 is 2.04 bits per heavy atom. The highest BCUT2D eigenvalue weighted by atomic mass is 35.5. The fraction of sp³-hybridized carbons (Fsp3) is 0.412. The van der Waals surface area contributed by atoms with Gasteiger partial charge in [0.2, 0.25) is 0 Å². The van der Waals surface area contributed by atoms with E-state index in [1.54, 1.807) is 17.0 Å². The maximum absolute atomic E-state index is 12.8. The fourth-order valence-corrected chi connectivity index (χ4v) is 3.14. The average molecular weight is 350 g/mol. The van der Waals surface area contributed by atoms with Gasteiger partial charge in [-0.3, -0.25) is 4.79 Å². The minimum atomic E-state index is -0.449. The highest BCUT2D eigenvalue weighted by Crippen LogP contribution is 2.32. The molecule has 3 amide bonds. The first-order chi connectivity index (χ1) is 11.6. The van der Waals surface area contributed by atoms with Gasteiger partial charge >= 0.3 is 6.03 Å². The molecule has 0 bridgehead atoms. The van der Waals surface area contributed by atoms with Gasteiger partial charge < -0.3 is 20.3 Å². The lowest BCUT2D eigenvalue weighted by atomic mass is 9.96. The quantitative estimate of drug-likeness (QED) is 0.774. The molecule has 0 fully saturated rings. The van der Waals surface area contributed by atoms with Crippen LogP contribution >= 0.6 is 11.6 Å². The summed E-state index contributed by atoms with van der Waals surface area (Å²) in [6.07, 6.45) is 0.771. The van der Waals surface area contributed by atoms with Crippen LogP contribution in [-0.4, -0.2) is 43.1 Å². The van der Waals surface area contributed by atoms with Crippen molar-refractivity contribution < 1.29 is 14.3 Å². The maximum atomic E-state index is 12.8. The first-order valence-electron chi connectivity index (χ1n) is 8.03. The zero-order chi connectivity index (χ0) is 17.1. The zero-order valence-electron chi connectivity index (χ0n) is 13.5. The summed E-state index contributed by atoms with van der Waals surface area (Å²) in [5.41, 5.74) is 2.12. The summed E-state index contributed by atoms with van der Waals surface area (Å²) in [5.74, 6) is -0.0473. The summed E-state index contributed by atoms with van der Waals surface area (Å²) in [7, 11) is 0. The van der Waals surface area contributed by atoms with Crippen molar-refractivity contribution in [3.63, 3.8) is 0 Å². The molecule has 0 radical (unpaired) electrons. The molecule has 1 atom stereocenters. The summed E-state index contributed by atoms with van der Waals surface area (Å²) in [5, 5.41) is 6.20. The van der Waals surface area contributed by atoms with Crippen molar-refractivity contribution in [2.75, 3.05) is 26.3 Å². The molecule has 2 aliphatic heterocycles. The standard InChI is InChI=1S/C17H20ClN3O3/c1-2-24-9-3-8-21-10-13-14(16(21)22)15(20-17(23)19-13)11-4-6-12(18)7-5-11/h4-7,15H,2-3,8-10H2,1H3,(H2,19,20,23). The SMILES string of the molecule is CCOCCCN1CC2=C(C1=O)C(c1ccc(Cl)cc1)NC(=O)N2. The first-order valence-corrected chi connectivity index (χ1v) is 8.41. The summed E-state index contributed by atoms with van der Waals surface area (Å²) < 4.78 is 5.32. The van der Waals surface area contributed by atoms with E-state index in [0.29, 0.717) is 42.6 Å². The van der Waals surface area contributed by atoms with Crippen LogP contribution in [0, 0.1) is 0 Å². The Labute approximate surface area is 145 Å². The van der Waals surface area contributed by atoms with Crippen molar-refractivity contribution >= 4 is 23.5 Å². The molecule has 24 heavy (non-hydrogen) atoms. The molecule has 2 aliphatic rings. The van der Waals surface area contributed by atoms with Crippen LogP contribution in [0.1, 0.15) is 24.9 Å². The molecule has 0 spiro atoms. The highest BCUT2D eigenvalue weighted by Gasteiger charge is 2.39. The van der Waals surface area contributed by atoms with Crippen LogP contribution < -0.4 is 10.6 Å². The molecule has 6 nitrogen and oxygen atoms in total. The van der Waals surface area contributed by atoms with Crippen LogP contribution in [0.3, 0.4) is 0 Å². The Hall–Kier alpha value is -2.05. The molecule has 0 aromatic heterocycles. The Kier molecular flexibility index (Phi) is 5.06. The van der Waals surface area contributed by atoms with Crippen LogP contribution in [0.15, 0.2) is 35.5 Å². The van der Waals surface area contributed by atoms with Crippen molar-refractivity contribution in [1.82, 2.24) is 15.5 Å². The molecule has 0 saturated carbocycles. The van der Waals surface area contributed by atoms with E-state index in [-0.39, 0.29) is 11.9 Å². The van der Waals surface area contributed by atoms with Gasteiger partial charge in [-0.2, -0.15) is 0 Å². The predicted octanol–water partition coefficient (Wildman–Crippen LogP) is 2.22. The van der Waals surface area contributed by atoms with Gasteiger partial charge in [0, 0.05) is 24.8 Å². The fourth-order valence-electron chi connectivity index (χ4n) is 3.02. The first kappa shape index (κ1) is 16.8. The third-order valence-electron chi connectivity index (χ3n) is 4.14. The lowest BCUT2D eigenvalue weighted by Gasteiger charge is -2.25. The van der Waals surface area contributed by atoms with Gasteiger partial charge in [-0.25, -0.2) is 4.79 Å². The second kappa shape index (κ2) is 7.23. The van der Waals surface area contributed by atoms with Crippen molar-refractivity contribution in [2.24, 2.45) is 0 Å². The molecule has 2 heterocycles. The summed E-state index contributed by atoms with van der Waals surface area (Å²) >= 11 is 5.93. The van der Waals surface area contributed by atoms with Gasteiger partial charge in [-0.15, -0.1) is 0 Å². The Balaban J connectivity index is 1.77. The van der Waals surface area contributed by atoms with Gasteiger partial charge in [0.15, 0.2) is 0 Å². The number of carbonyl (C=O) groups is 2. The molecule has 0 aliphatic carbocycles. The second-order valence-corrected chi connectivity index (χ2v) is 6.19. The van der Waals surface area contributed by atoms with E-state index >= 15 is 0 Å². The van der Waals surface area contributed by atoms with Gasteiger partial charge in [-0.1, -0.05) is 23.7 Å². The molecular weight excluding hydrogens is 330 g/mol. The normalized spacial score (nSPS) is 20.1. The number of carbonyl (C=O) groups excluding carboxylic acids is 2. The molecular formula is C17H20ClN3O3. The smallest absolute Gasteiger partial charge is 0.319 e. The van der Waals surface area contributed by atoms with Crippen molar-refractivity contribution in [2.45, 2.75) is 19.4 Å². The van der Waals surface area contributed by atoms with Gasteiger partial charge in [0.25, 0.3) is 5.91 Å². The second-order valence-electron chi connectivity index (χ2n) is 5.75. The van der Waals surface area contributed by atoms with Crippen molar-refractivity contribution in [3.05, 3.63) is 46.1 Å². The third kappa shape index (κ3) is 3.39. The van der Waals surface area contributed by atoms with E-state index in [2.05, 4.69) is 10.6 Å². The molecule has 1 aromatic carbocycles. The van der Waals surface area contributed by atoms with Gasteiger partial charge in [0.1, 0.15) is 0 Å². The van der Waals surface area contributed by atoms with Crippen LogP contribution in [0.25, 0.3) is 0 Å². The molecule has 3 rings (SSSR count). The molecule has 2 N–H and O–H groups in total. The van der Waals surface area contributed by atoms with E-state index < -0.39 is 6.04 Å². The number of urea groups is 1. The Bertz CT molecular complexity index is 672. The maximum Gasteiger partial charge on any atom is 0.319 e. The van der Waals surface area contributed by atoms with E-state index in [1.165, 1.54) is 0 Å². The van der Waals surface area contributed by atoms with E-state index in [9.17, 15) is 9.59 Å². The number of halogens is 1. The number of nitrogens with one attached hydrogen (secondary N) is 2. The molecule has 1 aromatic rings. The molecule has 128 valence electrons.